The molecule has 0 spiro atoms. The Morgan fingerprint density at radius 1 is 0.633 bits per heavy atom. The summed E-state index contributed by atoms with van der Waals surface area (Å²) >= 11 is 0. The first-order valence-electron chi connectivity index (χ1n) is 9.31. The van der Waals surface area contributed by atoms with Crippen LogP contribution in [0, 0.1) is 0 Å². The van der Waals surface area contributed by atoms with Crippen molar-refractivity contribution in [3.8, 4) is 0 Å². The van der Waals surface area contributed by atoms with Crippen LogP contribution >= 0.6 is 10.3 Å². The molecule has 0 aromatic carbocycles. The lowest BCUT2D eigenvalue weighted by molar-refractivity contribution is -0.382. The Morgan fingerprint density at radius 3 is 1.47 bits per heavy atom. The molecule has 0 atom stereocenters. The van der Waals surface area contributed by atoms with Gasteiger partial charge in [0.25, 0.3) is 0 Å². The minimum absolute atomic E-state index is 0.0781. The fraction of sp³-hybridized carbons (Fsp3) is 1.00. The van der Waals surface area contributed by atoms with Crippen LogP contribution in [0.25, 0.3) is 0 Å². The number of halogens is 9. The quantitative estimate of drug-likeness (QED) is 0.192. The van der Waals surface area contributed by atoms with E-state index in [2.05, 4.69) is 3.63 Å². The Labute approximate surface area is 172 Å². The highest BCUT2D eigenvalue weighted by molar-refractivity contribution is 8.33. The molecule has 0 aliphatic rings. The molecule has 0 saturated carbocycles. The van der Waals surface area contributed by atoms with E-state index in [0.29, 0.717) is 19.3 Å². The van der Waals surface area contributed by atoms with Gasteiger partial charge in [0.1, 0.15) is 0 Å². The van der Waals surface area contributed by atoms with E-state index in [1.807, 2.05) is 6.92 Å². The Hall–Kier alpha value is -0.370. The van der Waals surface area contributed by atoms with Crippen LogP contribution in [-0.2, 0) is 13.7 Å². The second-order valence-electron chi connectivity index (χ2n) is 6.82. The molecule has 0 radical (unpaired) electrons. The van der Waals surface area contributed by atoms with Gasteiger partial charge in [-0.25, -0.2) is 3.63 Å². The fourth-order valence-corrected chi connectivity index (χ4v) is 8.65. The molecule has 0 amide bonds. The molecule has 0 rings (SSSR count). The number of alkyl halides is 9. The Kier molecular flexibility index (Phi) is 10.4. The molecule has 0 aliphatic heterocycles. The fourth-order valence-electron chi connectivity index (χ4n) is 2.69. The maximum Gasteiger partial charge on any atom is 0.460 e. The molecular weight excluding hydrogens is 475 g/mol. The van der Waals surface area contributed by atoms with E-state index in [9.17, 15) is 47.9 Å². The molecule has 184 valence electrons. The predicted molar refractivity (Wildman–Crippen MR) is 97.8 cm³/mol. The number of unbranched alkanes of at least 4 members (excludes halogenated alkanes) is 3. The van der Waals surface area contributed by atoms with Crippen LogP contribution < -0.4 is 0 Å². The van der Waals surface area contributed by atoms with Crippen molar-refractivity contribution in [2.24, 2.45) is 0 Å². The number of hydrogen-bond donors (Lipinski definition) is 0. The molecule has 0 fully saturated rings. The summed E-state index contributed by atoms with van der Waals surface area (Å²) in [7, 11) is -9.82. The standard InChI is InChI=1S/C16H27F9O3S2/c1-4-7-8-9-12-29(10-5-2,11-6-3)28-30(26,27)16(24,25)14(19,20)13(17,18)15(21,22)23/h4-12H2,1-3H3. The van der Waals surface area contributed by atoms with Gasteiger partial charge in [-0.3, -0.25) is 0 Å². The van der Waals surface area contributed by atoms with Crippen molar-refractivity contribution in [2.75, 3.05) is 17.3 Å². The number of rotatable bonds is 14. The molecule has 0 bridgehead atoms. The van der Waals surface area contributed by atoms with Crippen molar-refractivity contribution in [3.05, 3.63) is 0 Å². The van der Waals surface area contributed by atoms with Gasteiger partial charge in [-0.2, -0.15) is 47.9 Å². The first-order chi connectivity index (χ1) is 13.4. The van der Waals surface area contributed by atoms with Gasteiger partial charge in [-0.15, -0.1) is 10.3 Å². The molecule has 30 heavy (non-hydrogen) atoms. The van der Waals surface area contributed by atoms with E-state index in [1.54, 1.807) is 13.8 Å². The van der Waals surface area contributed by atoms with Crippen LogP contribution in [0.1, 0.15) is 59.3 Å². The largest absolute Gasteiger partial charge is 0.460 e. The maximum absolute atomic E-state index is 14.0. The average Bonchev–Trinajstić information content (AvgIpc) is 2.57. The van der Waals surface area contributed by atoms with Crippen LogP contribution in [0.3, 0.4) is 0 Å². The van der Waals surface area contributed by atoms with Crippen molar-refractivity contribution in [1.82, 2.24) is 0 Å². The van der Waals surface area contributed by atoms with Crippen LogP contribution in [0.4, 0.5) is 39.5 Å². The third kappa shape index (κ3) is 6.11. The van der Waals surface area contributed by atoms with Gasteiger partial charge in [-0.05, 0) is 19.3 Å². The first kappa shape index (κ1) is 29.6. The summed E-state index contributed by atoms with van der Waals surface area (Å²) in [4.78, 5) is 0. The highest BCUT2D eigenvalue weighted by Gasteiger charge is 2.86. The minimum Gasteiger partial charge on any atom is -0.215 e. The van der Waals surface area contributed by atoms with Crippen LogP contribution in [0.2, 0.25) is 0 Å². The molecule has 14 heteroatoms. The summed E-state index contributed by atoms with van der Waals surface area (Å²) in [5, 5.41) is -6.80. The van der Waals surface area contributed by atoms with Crippen molar-refractivity contribution < 1.29 is 51.6 Å². The molecule has 3 nitrogen and oxygen atoms in total. The van der Waals surface area contributed by atoms with Gasteiger partial charge in [0.15, 0.2) is 0 Å². The monoisotopic (exact) mass is 502 g/mol. The van der Waals surface area contributed by atoms with Crippen molar-refractivity contribution in [2.45, 2.75) is 82.6 Å². The minimum atomic E-state index is -7.30. The molecule has 0 aromatic rings. The normalized spacial score (nSPS) is 15.5. The molecule has 0 saturated heterocycles. The van der Waals surface area contributed by atoms with Gasteiger partial charge >= 0.3 is 33.4 Å². The van der Waals surface area contributed by atoms with E-state index >= 15 is 0 Å². The summed E-state index contributed by atoms with van der Waals surface area (Å²) in [5.41, 5.74) is 0. The van der Waals surface area contributed by atoms with Gasteiger partial charge in [0.2, 0.25) is 0 Å². The van der Waals surface area contributed by atoms with Crippen LogP contribution in [0.5, 0.6) is 0 Å². The van der Waals surface area contributed by atoms with Gasteiger partial charge in [-0.1, -0.05) is 40.0 Å². The van der Waals surface area contributed by atoms with Crippen molar-refractivity contribution in [1.29, 1.82) is 0 Å². The van der Waals surface area contributed by atoms with E-state index in [0.717, 1.165) is 6.42 Å². The first-order valence-corrected chi connectivity index (χ1v) is 12.8. The summed E-state index contributed by atoms with van der Waals surface area (Å²) in [6.07, 6.45) is -4.34. The lowest BCUT2D eigenvalue weighted by Crippen LogP contribution is -2.63. The van der Waals surface area contributed by atoms with Crippen LogP contribution in [-0.4, -0.2) is 49.0 Å². The Morgan fingerprint density at radius 2 is 1.10 bits per heavy atom. The van der Waals surface area contributed by atoms with E-state index < -0.39 is 43.7 Å². The smallest absolute Gasteiger partial charge is 0.215 e. The zero-order chi connectivity index (χ0) is 24.1. The van der Waals surface area contributed by atoms with Crippen LogP contribution in [0.15, 0.2) is 0 Å². The summed E-state index contributed by atoms with van der Waals surface area (Å²) in [6.45, 7) is 4.95. The maximum atomic E-state index is 14.0. The van der Waals surface area contributed by atoms with Gasteiger partial charge in [0, 0.05) is 17.3 Å². The van der Waals surface area contributed by atoms with Gasteiger partial charge in [0.05, 0.1) is 0 Å². The van der Waals surface area contributed by atoms with Crippen molar-refractivity contribution in [3.63, 3.8) is 0 Å². The Bertz CT molecular complexity index is 628. The predicted octanol–water partition coefficient (Wildman–Crippen LogP) is 6.88. The molecule has 0 unspecified atom stereocenters. The summed E-state index contributed by atoms with van der Waals surface area (Å²) in [5.74, 6) is -14.9. The zero-order valence-corrected chi connectivity index (χ0v) is 18.4. The number of hydrogen-bond acceptors (Lipinski definition) is 3. The van der Waals surface area contributed by atoms with Gasteiger partial charge < -0.3 is 0 Å². The SMILES string of the molecule is CCCCCCS(CCC)(CCC)OS(=O)(=O)C(F)(F)C(F)(F)C(F)(F)C(F)(F)F. The van der Waals surface area contributed by atoms with E-state index in [-0.39, 0.29) is 30.1 Å². The highest BCUT2D eigenvalue weighted by atomic mass is 32.3. The average molecular weight is 503 g/mol. The molecule has 0 aromatic heterocycles. The lowest BCUT2D eigenvalue weighted by atomic mass is 10.1. The third-order valence-electron chi connectivity index (χ3n) is 4.19. The molecule has 0 aliphatic carbocycles. The van der Waals surface area contributed by atoms with E-state index in [4.69, 9.17) is 0 Å². The second kappa shape index (κ2) is 10.5. The topological polar surface area (TPSA) is 43.4 Å². The molecule has 0 N–H and O–H groups in total. The lowest BCUT2D eigenvalue weighted by Gasteiger charge is -2.40. The molecule has 0 heterocycles. The summed E-state index contributed by atoms with van der Waals surface area (Å²) in [6, 6.07) is 0. The summed E-state index contributed by atoms with van der Waals surface area (Å²) < 4.78 is 147. The highest BCUT2D eigenvalue weighted by Crippen LogP contribution is 2.59. The zero-order valence-electron chi connectivity index (χ0n) is 16.8. The molecular formula is C16H27F9O3S2. The Balaban J connectivity index is 6.13. The van der Waals surface area contributed by atoms with E-state index in [1.165, 1.54) is 0 Å². The second-order valence-corrected chi connectivity index (χ2v) is 11.9. The van der Waals surface area contributed by atoms with Crippen molar-refractivity contribution >= 4 is 20.4 Å². The third-order valence-corrected chi connectivity index (χ3v) is 10.3.